The number of hydrogen-bond donors (Lipinski definition) is 1. The van der Waals surface area contributed by atoms with Gasteiger partial charge in [0.15, 0.2) is 11.6 Å². The molecule has 0 aliphatic rings. The van der Waals surface area contributed by atoms with E-state index in [-0.39, 0.29) is 10.8 Å². The van der Waals surface area contributed by atoms with E-state index >= 15 is 0 Å². The standard InChI is InChI=1S/C16H17ClFNO/c1-11(2)19-10-12-5-3-6-13(9-12)20-15-8-4-7-14(17)16(15)18/h3-9,11,19H,10H2,1-2H3. The number of benzene rings is 2. The van der Waals surface area contributed by atoms with Crippen LogP contribution in [0.15, 0.2) is 42.5 Å². The van der Waals surface area contributed by atoms with Crippen LogP contribution in [0.3, 0.4) is 0 Å². The average molecular weight is 294 g/mol. The van der Waals surface area contributed by atoms with Crippen molar-refractivity contribution in [2.45, 2.75) is 26.4 Å². The summed E-state index contributed by atoms with van der Waals surface area (Å²) < 4.78 is 19.3. The molecule has 106 valence electrons. The summed E-state index contributed by atoms with van der Waals surface area (Å²) in [5.74, 6) is 0.181. The molecular formula is C16H17ClFNO. The number of hydrogen-bond acceptors (Lipinski definition) is 2. The molecule has 0 saturated heterocycles. The molecule has 0 spiro atoms. The van der Waals surface area contributed by atoms with E-state index in [2.05, 4.69) is 19.2 Å². The lowest BCUT2D eigenvalue weighted by Gasteiger charge is -2.11. The average Bonchev–Trinajstić information content (AvgIpc) is 2.42. The van der Waals surface area contributed by atoms with Crippen molar-refractivity contribution in [2.75, 3.05) is 0 Å². The molecule has 0 aliphatic carbocycles. The highest BCUT2D eigenvalue weighted by atomic mass is 35.5. The summed E-state index contributed by atoms with van der Waals surface area (Å²) in [4.78, 5) is 0. The maximum atomic E-state index is 13.8. The molecule has 0 aliphatic heterocycles. The minimum absolute atomic E-state index is 0.0557. The summed E-state index contributed by atoms with van der Waals surface area (Å²) in [5, 5.41) is 3.38. The third kappa shape index (κ3) is 3.95. The van der Waals surface area contributed by atoms with Gasteiger partial charge in [-0.1, -0.05) is 43.6 Å². The topological polar surface area (TPSA) is 21.3 Å². The van der Waals surface area contributed by atoms with Gasteiger partial charge in [0, 0.05) is 12.6 Å². The first kappa shape index (κ1) is 14.8. The first-order valence-corrected chi connectivity index (χ1v) is 6.88. The lowest BCUT2D eigenvalue weighted by atomic mass is 10.2. The maximum Gasteiger partial charge on any atom is 0.184 e. The van der Waals surface area contributed by atoms with Gasteiger partial charge in [-0.25, -0.2) is 4.39 Å². The minimum atomic E-state index is -0.542. The number of rotatable bonds is 5. The number of ether oxygens (including phenoxy) is 1. The fourth-order valence-electron chi connectivity index (χ4n) is 1.73. The van der Waals surface area contributed by atoms with Crippen LogP contribution in [0, 0.1) is 5.82 Å². The molecule has 0 atom stereocenters. The summed E-state index contributed by atoms with van der Waals surface area (Å²) in [6.45, 7) is 4.91. The Bertz CT molecular complexity index is 586. The van der Waals surface area contributed by atoms with Crippen molar-refractivity contribution in [3.8, 4) is 11.5 Å². The zero-order valence-electron chi connectivity index (χ0n) is 11.5. The molecule has 4 heteroatoms. The molecule has 0 saturated carbocycles. The molecule has 2 rings (SSSR count). The fraction of sp³-hybridized carbons (Fsp3) is 0.250. The van der Waals surface area contributed by atoms with E-state index in [1.165, 1.54) is 6.07 Å². The van der Waals surface area contributed by atoms with Crippen molar-refractivity contribution < 1.29 is 9.13 Å². The molecule has 0 aromatic heterocycles. The van der Waals surface area contributed by atoms with Crippen molar-refractivity contribution in [1.82, 2.24) is 5.32 Å². The van der Waals surface area contributed by atoms with Gasteiger partial charge in [-0.05, 0) is 29.8 Å². The lowest BCUT2D eigenvalue weighted by molar-refractivity contribution is 0.441. The van der Waals surface area contributed by atoms with Crippen molar-refractivity contribution in [3.05, 3.63) is 58.9 Å². The molecule has 0 heterocycles. The van der Waals surface area contributed by atoms with Gasteiger partial charge >= 0.3 is 0 Å². The maximum absolute atomic E-state index is 13.8. The lowest BCUT2D eigenvalue weighted by Crippen LogP contribution is -2.21. The van der Waals surface area contributed by atoms with E-state index < -0.39 is 5.82 Å². The third-order valence-corrected chi connectivity index (χ3v) is 3.05. The Morgan fingerprint density at radius 1 is 1.20 bits per heavy atom. The van der Waals surface area contributed by atoms with Crippen LogP contribution in [0.5, 0.6) is 11.5 Å². The van der Waals surface area contributed by atoms with Crippen LogP contribution in [0.25, 0.3) is 0 Å². The van der Waals surface area contributed by atoms with E-state index in [0.717, 1.165) is 12.1 Å². The molecule has 0 bridgehead atoms. The second-order valence-corrected chi connectivity index (χ2v) is 5.24. The summed E-state index contributed by atoms with van der Waals surface area (Å²) >= 11 is 5.73. The summed E-state index contributed by atoms with van der Waals surface area (Å²) in [6.07, 6.45) is 0. The van der Waals surface area contributed by atoms with Crippen LogP contribution in [-0.4, -0.2) is 6.04 Å². The Hall–Kier alpha value is -1.58. The van der Waals surface area contributed by atoms with E-state index in [4.69, 9.17) is 16.3 Å². The second kappa shape index (κ2) is 6.73. The van der Waals surface area contributed by atoms with E-state index in [1.54, 1.807) is 18.2 Å². The second-order valence-electron chi connectivity index (χ2n) is 4.84. The molecule has 2 aromatic carbocycles. The van der Waals surface area contributed by atoms with Gasteiger partial charge in [0.25, 0.3) is 0 Å². The third-order valence-electron chi connectivity index (χ3n) is 2.76. The highest BCUT2D eigenvalue weighted by Crippen LogP contribution is 2.29. The molecule has 0 fully saturated rings. The zero-order valence-corrected chi connectivity index (χ0v) is 12.2. The van der Waals surface area contributed by atoms with Crippen LogP contribution in [0.1, 0.15) is 19.4 Å². The van der Waals surface area contributed by atoms with Crippen LogP contribution in [0.2, 0.25) is 5.02 Å². The molecule has 0 amide bonds. The van der Waals surface area contributed by atoms with Crippen LogP contribution in [-0.2, 0) is 6.54 Å². The Labute approximate surface area is 123 Å². The van der Waals surface area contributed by atoms with Crippen LogP contribution < -0.4 is 10.1 Å². The normalized spacial score (nSPS) is 10.8. The van der Waals surface area contributed by atoms with E-state index in [0.29, 0.717) is 11.8 Å². The highest BCUT2D eigenvalue weighted by molar-refractivity contribution is 6.30. The van der Waals surface area contributed by atoms with Crippen molar-refractivity contribution in [3.63, 3.8) is 0 Å². The van der Waals surface area contributed by atoms with Gasteiger partial charge < -0.3 is 10.1 Å². The van der Waals surface area contributed by atoms with Gasteiger partial charge in [-0.3, -0.25) is 0 Å². The van der Waals surface area contributed by atoms with E-state index in [9.17, 15) is 4.39 Å². The molecule has 1 N–H and O–H groups in total. The van der Waals surface area contributed by atoms with Crippen LogP contribution in [0.4, 0.5) is 4.39 Å². The van der Waals surface area contributed by atoms with Crippen LogP contribution >= 0.6 is 11.6 Å². The van der Waals surface area contributed by atoms with Gasteiger partial charge in [0.05, 0.1) is 5.02 Å². The molecule has 2 aromatic rings. The predicted molar refractivity (Wildman–Crippen MR) is 79.9 cm³/mol. The smallest absolute Gasteiger partial charge is 0.184 e. The molecule has 2 nitrogen and oxygen atoms in total. The van der Waals surface area contributed by atoms with Crippen molar-refractivity contribution in [1.29, 1.82) is 0 Å². The van der Waals surface area contributed by atoms with Gasteiger partial charge in [-0.15, -0.1) is 0 Å². The zero-order chi connectivity index (χ0) is 14.5. The Morgan fingerprint density at radius 3 is 2.70 bits per heavy atom. The first-order chi connectivity index (χ1) is 9.56. The molecule has 20 heavy (non-hydrogen) atoms. The Balaban J connectivity index is 2.13. The summed E-state index contributed by atoms with van der Waals surface area (Å²) in [5.41, 5.74) is 1.08. The SMILES string of the molecule is CC(C)NCc1cccc(Oc2cccc(Cl)c2F)c1. The summed E-state index contributed by atoms with van der Waals surface area (Å²) in [7, 11) is 0. The summed E-state index contributed by atoms with van der Waals surface area (Å²) in [6, 6.07) is 12.7. The van der Waals surface area contributed by atoms with Gasteiger partial charge in [0.2, 0.25) is 0 Å². The fourth-order valence-corrected chi connectivity index (χ4v) is 1.90. The molecule has 0 radical (unpaired) electrons. The molecule has 0 unspecified atom stereocenters. The largest absolute Gasteiger partial charge is 0.454 e. The monoisotopic (exact) mass is 293 g/mol. The Kier molecular flexibility index (Phi) is 4.99. The molecular weight excluding hydrogens is 277 g/mol. The predicted octanol–water partition coefficient (Wildman–Crippen LogP) is 4.77. The van der Waals surface area contributed by atoms with Gasteiger partial charge in [0.1, 0.15) is 5.75 Å². The number of halogens is 2. The highest BCUT2D eigenvalue weighted by Gasteiger charge is 2.08. The quantitative estimate of drug-likeness (QED) is 0.857. The first-order valence-electron chi connectivity index (χ1n) is 6.50. The van der Waals surface area contributed by atoms with Gasteiger partial charge in [-0.2, -0.15) is 0 Å². The number of nitrogens with one attached hydrogen (secondary N) is 1. The minimum Gasteiger partial charge on any atom is -0.454 e. The Morgan fingerprint density at radius 2 is 1.95 bits per heavy atom. The van der Waals surface area contributed by atoms with Crippen molar-refractivity contribution in [2.24, 2.45) is 0 Å². The van der Waals surface area contributed by atoms with Crippen molar-refractivity contribution >= 4 is 11.6 Å². The van der Waals surface area contributed by atoms with E-state index in [1.807, 2.05) is 18.2 Å².